The molecule has 2 N–H and O–H groups in total. The molecule has 1 unspecified atom stereocenters. The van der Waals surface area contributed by atoms with Gasteiger partial charge in [-0.25, -0.2) is 0 Å². The standard InChI is InChI=1S/C12H12F3NO/c1-2-3-10(16)11(17)8-4-6-9(7-5-8)12(13,14)15/h2,4-7,10H,1,3,16H2. The summed E-state index contributed by atoms with van der Waals surface area (Å²) in [4.78, 5) is 11.6. The monoisotopic (exact) mass is 243 g/mol. The Kier molecular flexibility index (Phi) is 4.07. The average molecular weight is 243 g/mol. The second kappa shape index (κ2) is 5.14. The molecule has 1 rings (SSSR count). The van der Waals surface area contributed by atoms with Crippen molar-refractivity contribution in [1.82, 2.24) is 0 Å². The van der Waals surface area contributed by atoms with E-state index in [1.807, 2.05) is 0 Å². The molecule has 0 aromatic heterocycles. The molecule has 1 atom stereocenters. The van der Waals surface area contributed by atoms with Gasteiger partial charge in [0, 0.05) is 5.56 Å². The van der Waals surface area contributed by atoms with E-state index >= 15 is 0 Å². The maximum Gasteiger partial charge on any atom is 0.416 e. The quantitative estimate of drug-likeness (QED) is 0.652. The molecular formula is C12H12F3NO. The van der Waals surface area contributed by atoms with Crippen molar-refractivity contribution < 1.29 is 18.0 Å². The third-order valence-corrected chi connectivity index (χ3v) is 2.25. The highest BCUT2D eigenvalue weighted by Gasteiger charge is 2.30. The maximum absolute atomic E-state index is 12.3. The minimum Gasteiger partial charge on any atom is -0.321 e. The smallest absolute Gasteiger partial charge is 0.321 e. The minimum absolute atomic E-state index is 0.173. The van der Waals surface area contributed by atoms with Gasteiger partial charge in [-0.15, -0.1) is 6.58 Å². The van der Waals surface area contributed by atoms with Crippen molar-refractivity contribution in [2.75, 3.05) is 0 Å². The normalized spacial score (nSPS) is 13.2. The van der Waals surface area contributed by atoms with Gasteiger partial charge < -0.3 is 5.73 Å². The number of benzene rings is 1. The summed E-state index contributed by atoms with van der Waals surface area (Å²) in [7, 11) is 0. The van der Waals surface area contributed by atoms with Crippen molar-refractivity contribution in [3.63, 3.8) is 0 Å². The van der Waals surface area contributed by atoms with Gasteiger partial charge in [-0.3, -0.25) is 4.79 Å². The molecule has 0 aliphatic heterocycles. The van der Waals surface area contributed by atoms with Gasteiger partial charge in [-0.1, -0.05) is 18.2 Å². The molecule has 0 saturated carbocycles. The van der Waals surface area contributed by atoms with Gasteiger partial charge in [-0.2, -0.15) is 13.2 Å². The Morgan fingerprint density at radius 1 is 1.35 bits per heavy atom. The molecule has 17 heavy (non-hydrogen) atoms. The van der Waals surface area contributed by atoms with Gasteiger partial charge in [0.25, 0.3) is 0 Å². The van der Waals surface area contributed by atoms with E-state index in [9.17, 15) is 18.0 Å². The summed E-state index contributed by atoms with van der Waals surface area (Å²) in [6.45, 7) is 3.44. The van der Waals surface area contributed by atoms with E-state index in [0.29, 0.717) is 6.42 Å². The Morgan fingerprint density at radius 2 is 1.88 bits per heavy atom. The molecular weight excluding hydrogens is 231 g/mol. The lowest BCUT2D eigenvalue weighted by atomic mass is 10.0. The summed E-state index contributed by atoms with van der Waals surface area (Å²) in [5.74, 6) is -0.390. The second-order valence-electron chi connectivity index (χ2n) is 3.57. The summed E-state index contributed by atoms with van der Waals surface area (Å²) < 4.78 is 36.8. The molecule has 5 heteroatoms. The van der Waals surface area contributed by atoms with Crippen molar-refractivity contribution in [2.45, 2.75) is 18.6 Å². The van der Waals surface area contributed by atoms with Crippen LogP contribution in [0.3, 0.4) is 0 Å². The molecule has 0 spiro atoms. The van der Waals surface area contributed by atoms with Crippen LogP contribution in [0.5, 0.6) is 0 Å². The molecule has 0 radical (unpaired) electrons. The number of hydrogen-bond donors (Lipinski definition) is 1. The molecule has 2 nitrogen and oxygen atoms in total. The van der Waals surface area contributed by atoms with Crippen LogP contribution in [0.15, 0.2) is 36.9 Å². The molecule has 1 aromatic rings. The van der Waals surface area contributed by atoms with Gasteiger partial charge in [0.15, 0.2) is 5.78 Å². The third kappa shape index (κ3) is 3.42. The fourth-order valence-corrected chi connectivity index (χ4v) is 1.32. The van der Waals surface area contributed by atoms with E-state index in [2.05, 4.69) is 6.58 Å². The fraction of sp³-hybridized carbons (Fsp3) is 0.250. The molecule has 0 aliphatic rings. The SMILES string of the molecule is C=CCC(N)C(=O)c1ccc(C(F)(F)F)cc1. The minimum atomic E-state index is -4.40. The second-order valence-corrected chi connectivity index (χ2v) is 3.57. The lowest BCUT2D eigenvalue weighted by Gasteiger charge is -2.10. The van der Waals surface area contributed by atoms with Crippen LogP contribution in [-0.4, -0.2) is 11.8 Å². The highest BCUT2D eigenvalue weighted by Crippen LogP contribution is 2.29. The van der Waals surface area contributed by atoms with Crippen LogP contribution in [0.2, 0.25) is 0 Å². The van der Waals surface area contributed by atoms with Crippen molar-refractivity contribution in [1.29, 1.82) is 0 Å². The van der Waals surface area contributed by atoms with Crippen LogP contribution in [0.25, 0.3) is 0 Å². The van der Waals surface area contributed by atoms with Crippen LogP contribution in [0, 0.1) is 0 Å². The summed E-state index contributed by atoms with van der Waals surface area (Å²) in [6.07, 6.45) is -2.61. The van der Waals surface area contributed by atoms with E-state index in [0.717, 1.165) is 24.3 Å². The molecule has 0 heterocycles. The number of ketones is 1. The predicted octanol–water partition coefficient (Wildman–Crippen LogP) is 2.79. The van der Waals surface area contributed by atoms with Crippen LogP contribution < -0.4 is 5.73 Å². The summed E-state index contributed by atoms with van der Waals surface area (Å²) in [6, 6.07) is 3.24. The molecule has 0 bridgehead atoms. The van der Waals surface area contributed by atoms with E-state index in [1.165, 1.54) is 6.08 Å². The number of carbonyl (C=O) groups excluding carboxylic acids is 1. The van der Waals surface area contributed by atoms with Crippen molar-refractivity contribution in [2.24, 2.45) is 5.73 Å². The Bertz CT molecular complexity index is 409. The summed E-state index contributed by atoms with van der Waals surface area (Å²) in [5, 5.41) is 0. The topological polar surface area (TPSA) is 43.1 Å². The van der Waals surface area contributed by atoms with E-state index in [-0.39, 0.29) is 5.56 Å². The summed E-state index contributed by atoms with van der Waals surface area (Å²) >= 11 is 0. The number of halogens is 3. The van der Waals surface area contributed by atoms with Gasteiger partial charge in [0.05, 0.1) is 11.6 Å². The molecule has 0 fully saturated rings. The first-order valence-corrected chi connectivity index (χ1v) is 4.94. The van der Waals surface area contributed by atoms with Gasteiger partial charge >= 0.3 is 6.18 Å². The maximum atomic E-state index is 12.3. The number of alkyl halides is 3. The molecule has 1 aromatic carbocycles. The zero-order chi connectivity index (χ0) is 13.1. The first-order chi connectivity index (χ1) is 7.86. The highest BCUT2D eigenvalue weighted by molar-refractivity contribution is 6.00. The molecule has 0 aliphatic carbocycles. The largest absolute Gasteiger partial charge is 0.416 e. The van der Waals surface area contributed by atoms with Gasteiger partial charge in [-0.05, 0) is 18.6 Å². The zero-order valence-corrected chi connectivity index (χ0v) is 9.00. The Labute approximate surface area is 96.9 Å². The number of hydrogen-bond acceptors (Lipinski definition) is 2. The highest BCUT2D eigenvalue weighted by atomic mass is 19.4. The third-order valence-electron chi connectivity index (χ3n) is 2.25. The lowest BCUT2D eigenvalue weighted by molar-refractivity contribution is -0.137. The van der Waals surface area contributed by atoms with Crippen molar-refractivity contribution >= 4 is 5.78 Å². The van der Waals surface area contributed by atoms with Crippen molar-refractivity contribution in [3.8, 4) is 0 Å². The molecule has 0 saturated heterocycles. The number of Topliss-reactive ketones (excluding diaryl/α,β-unsaturated/α-hetero) is 1. The number of nitrogens with two attached hydrogens (primary N) is 1. The Morgan fingerprint density at radius 3 is 2.29 bits per heavy atom. The predicted molar refractivity (Wildman–Crippen MR) is 58.6 cm³/mol. The van der Waals surface area contributed by atoms with Crippen LogP contribution in [0.1, 0.15) is 22.3 Å². The molecule has 92 valence electrons. The zero-order valence-electron chi connectivity index (χ0n) is 9.00. The van der Waals surface area contributed by atoms with Crippen LogP contribution in [0.4, 0.5) is 13.2 Å². The van der Waals surface area contributed by atoms with Crippen LogP contribution >= 0.6 is 0 Å². The van der Waals surface area contributed by atoms with Gasteiger partial charge in [0.2, 0.25) is 0 Å². The van der Waals surface area contributed by atoms with Gasteiger partial charge in [0.1, 0.15) is 0 Å². The fourth-order valence-electron chi connectivity index (χ4n) is 1.32. The number of rotatable bonds is 4. The van der Waals surface area contributed by atoms with E-state index in [4.69, 9.17) is 5.73 Å². The van der Waals surface area contributed by atoms with Crippen molar-refractivity contribution in [3.05, 3.63) is 48.0 Å². The Hall–Kier alpha value is -1.62. The average Bonchev–Trinajstić information content (AvgIpc) is 2.27. The lowest BCUT2D eigenvalue weighted by Crippen LogP contribution is -2.29. The number of carbonyl (C=O) groups is 1. The Balaban J connectivity index is 2.88. The van der Waals surface area contributed by atoms with Crippen LogP contribution in [-0.2, 0) is 6.18 Å². The first-order valence-electron chi connectivity index (χ1n) is 4.94. The molecule has 0 amide bonds. The van der Waals surface area contributed by atoms with E-state index < -0.39 is 23.6 Å². The van der Waals surface area contributed by atoms with E-state index in [1.54, 1.807) is 0 Å². The summed E-state index contributed by atoms with van der Waals surface area (Å²) in [5.41, 5.74) is 4.93. The first kappa shape index (κ1) is 13.4.